The summed E-state index contributed by atoms with van der Waals surface area (Å²) in [5, 5.41) is 3.24. The van der Waals surface area contributed by atoms with Gasteiger partial charge >= 0.3 is 11.7 Å². The van der Waals surface area contributed by atoms with E-state index < -0.39 is 17.6 Å². The minimum absolute atomic E-state index is 0.150. The molecular formula is C22H22N2O6S. The van der Waals surface area contributed by atoms with Gasteiger partial charge in [-0.05, 0) is 63.3 Å². The average Bonchev–Trinajstić information content (AvgIpc) is 3.24. The number of aromatic nitrogens is 1. The number of carbonyl (C=O) groups is 3. The molecule has 1 aliphatic rings. The van der Waals surface area contributed by atoms with Crippen LogP contribution in [0.25, 0.3) is 11.1 Å². The Hall–Kier alpha value is -3.20. The van der Waals surface area contributed by atoms with Gasteiger partial charge in [-0.15, -0.1) is 11.3 Å². The molecule has 0 bridgehead atoms. The topological polar surface area (TPSA) is 108 Å². The van der Waals surface area contributed by atoms with E-state index in [4.69, 9.17) is 9.15 Å². The first-order chi connectivity index (χ1) is 14.9. The van der Waals surface area contributed by atoms with Crippen molar-refractivity contribution in [2.24, 2.45) is 0 Å². The molecule has 31 heavy (non-hydrogen) atoms. The number of thiophene rings is 1. The fourth-order valence-corrected chi connectivity index (χ4v) is 5.11. The van der Waals surface area contributed by atoms with Crippen LogP contribution in [0.1, 0.15) is 57.8 Å². The number of Topliss-reactive ketones (excluding diaryl/α,β-unsaturated/α-hetero) is 1. The Bertz CT molecular complexity index is 1250. The zero-order chi connectivity index (χ0) is 22.1. The van der Waals surface area contributed by atoms with Crippen molar-refractivity contribution in [2.45, 2.75) is 46.1 Å². The van der Waals surface area contributed by atoms with Crippen LogP contribution in [-0.4, -0.2) is 28.8 Å². The van der Waals surface area contributed by atoms with Gasteiger partial charge in [0.1, 0.15) is 11.5 Å². The third-order valence-electron chi connectivity index (χ3n) is 5.28. The number of ether oxygens (including phenoxy) is 1. The molecule has 4 rings (SSSR count). The fraction of sp³-hybridized carbons (Fsp3) is 0.364. The summed E-state index contributed by atoms with van der Waals surface area (Å²) in [6.45, 7) is 3.12. The van der Waals surface area contributed by atoms with Gasteiger partial charge in [-0.2, -0.15) is 0 Å². The van der Waals surface area contributed by atoms with Gasteiger partial charge < -0.3 is 14.5 Å². The van der Waals surface area contributed by atoms with E-state index in [-0.39, 0.29) is 24.5 Å². The van der Waals surface area contributed by atoms with Crippen molar-refractivity contribution in [3.05, 3.63) is 50.3 Å². The highest BCUT2D eigenvalue weighted by Crippen LogP contribution is 2.38. The summed E-state index contributed by atoms with van der Waals surface area (Å²) in [5.41, 5.74) is 2.45. The maximum Gasteiger partial charge on any atom is 0.420 e. The summed E-state index contributed by atoms with van der Waals surface area (Å²) in [5.74, 6) is -1.74. The number of carbonyl (C=O) groups excluding carboxylic acids is 3. The highest BCUT2D eigenvalue weighted by atomic mass is 32.1. The zero-order valence-corrected chi connectivity index (χ0v) is 18.1. The number of hydrogen-bond acceptors (Lipinski definition) is 7. The number of benzene rings is 1. The van der Waals surface area contributed by atoms with E-state index in [1.165, 1.54) is 28.9 Å². The molecule has 1 aromatic carbocycles. The molecule has 162 valence electrons. The summed E-state index contributed by atoms with van der Waals surface area (Å²) in [7, 11) is 0. The lowest BCUT2D eigenvalue weighted by Crippen LogP contribution is -2.25. The Morgan fingerprint density at radius 2 is 2.00 bits per heavy atom. The summed E-state index contributed by atoms with van der Waals surface area (Å²) in [4.78, 5) is 50.3. The summed E-state index contributed by atoms with van der Waals surface area (Å²) >= 11 is 1.39. The van der Waals surface area contributed by atoms with Crippen LogP contribution in [0.4, 0.5) is 5.00 Å². The predicted octanol–water partition coefficient (Wildman–Crippen LogP) is 3.55. The number of aryl methyl sites for hydroxylation is 1. The van der Waals surface area contributed by atoms with Crippen molar-refractivity contribution < 1.29 is 23.5 Å². The maximum absolute atomic E-state index is 12.8. The van der Waals surface area contributed by atoms with Crippen LogP contribution in [0.2, 0.25) is 0 Å². The molecule has 0 unspecified atom stereocenters. The van der Waals surface area contributed by atoms with Crippen LogP contribution in [0, 0.1) is 0 Å². The van der Waals surface area contributed by atoms with Crippen molar-refractivity contribution in [1.82, 2.24) is 4.57 Å². The monoisotopic (exact) mass is 442 g/mol. The van der Waals surface area contributed by atoms with E-state index in [0.29, 0.717) is 21.6 Å². The van der Waals surface area contributed by atoms with Crippen LogP contribution in [0.15, 0.2) is 27.4 Å². The molecule has 9 heteroatoms. The van der Waals surface area contributed by atoms with Gasteiger partial charge in [0.25, 0.3) is 0 Å². The quantitative estimate of drug-likeness (QED) is 0.462. The van der Waals surface area contributed by atoms with Crippen molar-refractivity contribution in [3.63, 3.8) is 0 Å². The number of rotatable bonds is 6. The summed E-state index contributed by atoms with van der Waals surface area (Å²) in [6.07, 6.45) is 3.68. The molecule has 2 heterocycles. The van der Waals surface area contributed by atoms with E-state index in [0.717, 1.165) is 36.1 Å². The number of oxazole rings is 1. The van der Waals surface area contributed by atoms with E-state index >= 15 is 0 Å². The molecule has 3 aromatic rings. The lowest BCUT2D eigenvalue weighted by molar-refractivity contribution is -0.116. The van der Waals surface area contributed by atoms with Gasteiger partial charge in [0.2, 0.25) is 5.91 Å². The number of anilines is 1. The largest absolute Gasteiger partial charge is 0.462 e. The third-order valence-corrected chi connectivity index (χ3v) is 6.49. The summed E-state index contributed by atoms with van der Waals surface area (Å²) in [6, 6.07) is 4.65. The van der Waals surface area contributed by atoms with Gasteiger partial charge in [-0.3, -0.25) is 14.2 Å². The first kappa shape index (κ1) is 21.0. The Kier molecular flexibility index (Phi) is 5.77. The van der Waals surface area contributed by atoms with Crippen LogP contribution >= 0.6 is 11.3 Å². The molecule has 2 aromatic heterocycles. The van der Waals surface area contributed by atoms with Gasteiger partial charge in [-0.1, -0.05) is 0 Å². The molecule has 0 saturated heterocycles. The highest BCUT2D eigenvalue weighted by molar-refractivity contribution is 7.17. The molecule has 0 fully saturated rings. The minimum atomic E-state index is -0.693. The number of ketones is 1. The maximum atomic E-state index is 12.8. The molecule has 0 saturated carbocycles. The van der Waals surface area contributed by atoms with Crippen molar-refractivity contribution >= 4 is 45.1 Å². The fourth-order valence-electron chi connectivity index (χ4n) is 3.82. The molecule has 1 N–H and O–H groups in total. The second-order valence-corrected chi connectivity index (χ2v) is 8.48. The Balaban J connectivity index is 1.62. The lowest BCUT2D eigenvalue weighted by atomic mass is 9.95. The lowest BCUT2D eigenvalue weighted by Gasteiger charge is -2.12. The molecule has 0 aliphatic heterocycles. The van der Waals surface area contributed by atoms with E-state index in [1.807, 2.05) is 0 Å². The molecule has 0 spiro atoms. The number of nitrogens with one attached hydrogen (secondary N) is 1. The number of hydrogen-bond donors (Lipinski definition) is 1. The van der Waals surface area contributed by atoms with Gasteiger partial charge in [-0.25, -0.2) is 9.59 Å². The predicted molar refractivity (Wildman–Crippen MR) is 116 cm³/mol. The Morgan fingerprint density at radius 1 is 1.23 bits per heavy atom. The summed E-state index contributed by atoms with van der Waals surface area (Å²) < 4.78 is 11.6. The van der Waals surface area contributed by atoms with Crippen LogP contribution in [-0.2, 0) is 28.9 Å². The van der Waals surface area contributed by atoms with Crippen molar-refractivity contribution in [2.75, 3.05) is 11.9 Å². The van der Waals surface area contributed by atoms with Gasteiger partial charge in [0.05, 0.1) is 17.7 Å². The minimum Gasteiger partial charge on any atom is -0.462 e. The number of amides is 1. The normalized spacial score (nSPS) is 13.1. The van der Waals surface area contributed by atoms with Gasteiger partial charge in [0, 0.05) is 10.4 Å². The Morgan fingerprint density at radius 3 is 2.74 bits per heavy atom. The Labute approximate surface area is 181 Å². The molecule has 0 atom stereocenters. The van der Waals surface area contributed by atoms with Crippen molar-refractivity contribution in [1.29, 1.82) is 0 Å². The van der Waals surface area contributed by atoms with Crippen LogP contribution < -0.4 is 11.1 Å². The first-order valence-electron chi connectivity index (χ1n) is 10.1. The second-order valence-electron chi connectivity index (χ2n) is 7.38. The van der Waals surface area contributed by atoms with E-state index in [1.54, 1.807) is 19.1 Å². The number of nitrogens with zero attached hydrogens (tertiary/aromatic N) is 1. The SMILES string of the molecule is CCOC(=O)c1c(NC(=O)Cn2c(=O)oc3cc(C(C)=O)ccc32)sc2c1CCCC2. The number of esters is 1. The van der Waals surface area contributed by atoms with Crippen molar-refractivity contribution in [3.8, 4) is 0 Å². The van der Waals surface area contributed by atoms with E-state index in [2.05, 4.69) is 5.32 Å². The molecule has 0 radical (unpaired) electrons. The second kappa shape index (κ2) is 8.50. The zero-order valence-electron chi connectivity index (χ0n) is 17.3. The first-order valence-corrected chi connectivity index (χ1v) is 11.0. The molecule has 1 aliphatic carbocycles. The smallest absolute Gasteiger partial charge is 0.420 e. The average molecular weight is 442 g/mol. The third kappa shape index (κ3) is 4.05. The van der Waals surface area contributed by atoms with Crippen LogP contribution in [0.5, 0.6) is 0 Å². The molecule has 8 nitrogen and oxygen atoms in total. The molecular weight excluding hydrogens is 420 g/mol. The van der Waals surface area contributed by atoms with Gasteiger partial charge in [0.15, 0.2) is 11.4 Å². The standard InChI is InChI=1S/C22H22N2O6S/c1-3-29-21(27)19-14-6-4-5-7-17(14)31-20(19)23-18(26)11-24-15-9-8-13(12(2)25)10-16(15)30-22(24)28/h8-10H,3-7,11H2,1-2H3,(H,23,26). The van der Waals surface area contributed by atoms with E-state index in [9.17, 15) is 19.2 Å². The highest BCUT2D eigenvalue weighted by Gasteiger charge is 2.27. The molecule has 1 amide bonds. The van der Waals surface area contributed by atoms with Crippen LogP contribution in [0.3, 0.4) is 0 Å². The number of fused-ring (bicyclic) bond motifs is 2.